The van der Waals surface area contributed by atoms with Gasteiger partial charge in [-0.2, -0.15) is 0 Å². The van der Waals surface area contributed by atoms with Gasteiger partial charge in [0.15, 0.2) is 0 Å². The fourth-order valence-electron chi connectivity index (χ4n) is 2.20. The smallest absolute Gasteiger partial charge is 0.244 e. The molecule has 2 amide bonds. The van der Waals surface area contributed by atoms with Crippen molar-refractivity contribution in [2.45, 2.75) is 13.8 Å². The molecule has 0 aliphatic carbocycles. The molecule has 1 N–H and O–H groups in total. The number of para-hydroxylation sites is 2. The number of amides is 2. The summed E-state index contributed by atoms with van der Waals surface area (Å²) in [6.45, 7) is 3.64. The van der Waals surface area contributed by atoms with E-state index in [9.17, 15) is 9.59 Å². The van der Waals surface area contributed by atoms with Crippen molar-refractivity contribution >= 4 is 34.8 Å². The van der Waals surface area contributed by atoms with Crippen LogP contribution in [0.3, 0.4) is 0 Å². The highest BCUT2D eigenvalue weighted by Gasteiger charge is 2.19. The molecule has 0 spiro atoms. The van der Waals surface area contributed by atoms with E-state index in [1.807, 2.05) is 13.0 Å². The number of nitrogens with zero attached hydrogens (tertiary/aromatic N) is 1. The van der Waals surface area contributed by atoms with Crippen molar-refractivity contribution in [3.63, 3.8) is 0 Å². The predicted molar refractivity (Wildman–Crippen MR) is 95.7 cm³/mol. The second-order valence-electron chi connectivity index (χ2n) is 5.06. The summed E-state index contributed by atoms with van der Waals surface area (Å²) in [6, 6.07) is 13.9. The van der Waals surface area contributed by atoms with Crippen molar-refractivity contribution in [2.75, 3.05) is 23.4 Å². The summed E-state index contributed by atoms with van der Waals surface area (Å²) in [5.74, 6) is 0.0155. The number of ether oxygens (including phenoxy) is 1. The fraction of sp³-hybridized carbons (Fsp3) is 0.222. The lowest BCUT2D eigenvalue weighted by atomic mass is 10.2. The number of anilines is 2. The van der Waals surface area contributed by atoms with Crippen molar-refractivity contribution in [3.8, 4) is 5.75 Å². The summed E-state index contributed by atoms with van der Waals surface area (Å²) in [6.07, 6.45) is 0. The van der Waals surface area contributed by atoms with Gasteiger partial charge in [0.1, 0.15) is 12.3 Å². The molecule has 24 heavy (non-hydrogen) atoms. The summed E-state index contributed by atoms with van der Waals surface area (Å²) >= 11 is 5.82. The van der Waals surface area contributed by atoms with E-state index in [1.165, 1.54) is 11.8 Å². The summed E-state index contributed by atoms with van der Waals surface area (Å²) in [5.41, 5.74) is 1.18. The van der Waals surface area contributed by atoms with Crippen LogP contribution in [0.15, 0.2) is 48.5 Å². The van der Waals surface area contributed by atoms with Crippen molar-refractivity contribution in [1.29, 1.82) is 0 Å². The second kappa shape index (κ2) is 8.36. The van der Waals surface area contributed by atoms with Crippen molar-refractivity contribution in [1.82, 2.24) is 0 Å². The molecule has 2 aromatic carbocycles. The Bertz CT molecular complexity index is 716. The van der Waals surface area contributed by atoms with Gasteiger partial charge in [0, 0.05) is 17.6 Å². The molecule has 126 valence electrons. The summed E-state index contributed by atoms with van der Waals surface area (Å²) in [5, 5.41) is 3.33. The van der Waals surface area contributed by atoms with Crippen LogP contribution < -0.4 is 15.0 Å². The van der Waals surface area contributed by atoms with Gasteiger partial charge in [0.05, 0.1) is 12.3 Å². The number of benzene rings is 2. The molecular formula is C18H19ClN2O3. The third-order valence-electron chi connectivity index (χ3n) is 3.27. The summed E-state index contributed by atoms with van der Waals surface area (Å²) in [7, 11) is 0. The van der Waals surface area contributed by atoms with E-state index in [2.05, 4.69) is 5.32 Å². The molecule has 0 heterocycles. The lowest BCUT2D eigenvalue weighted by Gasteiger charge is -2.23. The largest absolute Gasteiger partial charge is 0.492 e. The zero-order chi connectivity index (χ0) is 17.5. The quantitative estimate of drug-likeness (QED) is 0.867. The maximum atomic E-state index is 12.3. The molecule has 0 saturated carbocycles. The van der Waals surface area contributed by atoms with Gasteiger partial charge in [0.2, 0.25) is 11.8 Å². The van der Waals surface area contributed by atoms with E-state index >= 15 is 0 Å². The zero-order valence-corrected chi connectivity index (χ0v) is 14.3. The van der Waals surface area contributed by atoms with Gasteiger partial charge in [-0.1, -0.05) is 23.7 Å². The summed E-state index contributed by atoms with van der Waals surface area (Å²) in [4.78, 5) is 25.7. The van der Waals surface area contributed by atoms with Crippen LogP contribution in [-0.2, 0) is 9.59 Å². The second-order valence-corrected chi connectivity index (χ2v) is 5.50. The van der Waals surface area contributed by atoms with Crippen molar-refractivity contribution in [3.05, 3.63) is 53.6 Å². The van der Waals surface area contributed by atoms with Gasteiger partial charge in [-0.3, -0.25) is 14.5 Å². The minimum absolute atomic E-state index is 0.109. The molecule has 0 aromatic heterocycles. The van der Waals surface area contributed by atoms with Crippen LogP contribution in [0.1, 0.15) is 13.8 Å². The van der Waals surface area contributed by atoms with E-state index in [4.69, 9.17) is 16.3 Å². The topological polar surface area (TPSA) is 58.6 Å². The van der Waals surface area contributed by atoms with Gasteiger partial charge in [-0.05, 0) is 43.3 Å². The van der Waals surface area contributed by atoms with Crippen LogP contribution in [0.25, 0.3) is 0 Å². The lowest BCUT2D eigenvalue weighted by Crippen LogP contribution is -2.37. The van der Waals surface area contributed by atoms with Gasteiger partial charge in [-0.25, -0.2) is 0 Å². The highest BCUT2D eigenvalue weighted by Crippen LogP contribution is 2.28. The maximum Gasteiger partial charge on any atom is 0.244 e. The third kappa shape index (κ3) is 4.73. The minimum atomic E-state index is -0.307. The van der Waals surface area contributed by atoms with E-state index in [1.54, 1.807) is 42.5 Å². The fourth-order valence-corrected chi connectivity index (χ4v) is 2.33. The Morgan fingerprint density at radius 2 is 1.79 bits per heavy atom. The Hall–Kier alpha value is -2.53. The van der Waals surface area contributed by atoms with E-state index in [0.29, 0.717) is 28.8 Å². The number of carbonyl (C=O) groups excluding carboxylic acids is 2. The molecule has 0 bridgehead atoms. The van der Waals surface area contributed by atoms with Gasteiger partial charge in [-0.15, -0.1) is 0 Å². The Morgan fingerprint density at radius 1 is 1.12 bits per heavy atom. The van der Waals surface area contributed by atoms with E-state index < -0.39 is 0 Å². The average Bonchev–Trinajstić information content (AvgIpc) is 2.56. The highest BCUT2D eigenvalue weighted by molar-refractivity contribution is 6.30. The molecule has 0 radical (unpaired) electrons. The first-order chi connectivity index (χ1) is 11.5. The molecule has 0 unspecified atom stereocenters. The molecule has 6 heteroatoms. The Kier molecular flexibility index (Phi) is 6.21. The summed E-state index contributed by atoms with van der Waals surface area (Å²) < 4.78 is 5.54. The first-order valence-corrected chi connectivity index (χ1v) is 7.94. The van der Waals surface area contributed by atoms with Gasteiger partial charge < -0.3 is 10.1 Å². The molecule has 5 nitrogen and oxygen atoms in total. The van der Waals surface area contributed by atoms with Gasteiger partial charge in [0.25, 0.3) is 0 Å². The van der Waals surface area contributed by atoms with Crippen LogP contribution in [0, 0.1) is 0 Å². The Balaban J connectivity index is 2.15. The first-order valence-electron chi connectivity index (χ1n) is 7.56. The van der Waals surface area contributed by atoms with Crippen molar-refractivity contribution in [2.24, 2.45) is 0 Å². The monoisotopic (exact) mass is 346 g/mol. The molecular weight excluding hydrogens is 328 g/mol. The number of halogens is 1. The van der Waals surface area contributed by atoms with Crippen LogP contribution in [0.5, 0.6) is 5.75 Å². The molecule has 2 rings (SSSR count). The van der Waals surface area contributed by atoms with Crippen LogP contribution in [-0.4, -0.2) is 25.0 Å². The number of carbonyl (C=O) groups is 2. The normalized spacial score (nSPS) is 10.1. The van der Waals surface area contributed by atoms with Crippen LogP contribution in [0.2, 0.25) is 5.02 Å². The average molecular weight is 347 g/mol. The highest BCUT2D eigenvalue weighted by atomic mass is 35.5. The molecule has 0 aliphatic heterocycles. The lowest BCUT2D eigenvalue weighted by molar-refractivity contribution is -0.120. The SMILES string of the molecule is CCOc1ccccc1N(CC(=O)Nc1ccc(Cl)cc1)C(C)=O. The molecule has 0 atom stereocenters. The number of hydrogen-bond acceptors (Lipinski definition) is 3. The predicted octanol–water partition coefficient (Wildman–Crippen LogP) is 3.73. The van der Waals surface area contributed by atoms with Crippen molar-refractivity contribution < 1.29 is 14.3 Å². The molecule has 0 aliphatic rings. The number of hydrogen-bond donors (Lipinski definition) is 1. The van der Waals surface area contributed by atoms with Crippen LogP contribution >= 0.6 is 11.6 Å². The molecule has 0 fully saturated rings. The van der Waals surface area contributed by atoms with E-state index in [0.717, 1.165) is 0 Å². The molecule has 0 saturated heterocycles. The first kappa shape index (κ1) is 17.8. The third-order valence-corrected chi connectivity index (χ3v) is 3.52. The minimum Gasteiger partial charge on any atom is -0.492 e. The van der Waals surface area contributed by atoms with Gasteiger partial charge >= 0.3 is 0 Å². The maximum absolute atomic E-state index is 12.3. The molecule has 2 aromatic rings. The number of rotatable bonds is 6. The Labute approximate surface area is 146 Å². The Morgan fingerprint density at radius 3 is 2.42 bits per heavy atom. The zero-order valence-electron chi connectivity index (χ0n) is 13.6. The van der Waals surface area contributed by atoms with E-state index in [-0.39, 0.29) is 18.4 Å². The van der Waals surface area contributed by atoms with Crippen LogP contribution in [0.4, 0.5) is 11.4 Å². The number of nitrogens with one attached hydrogen (secondary N) is 1. The standard InChI is InChI=1S/C18H19ClN2O3/c1-3-24-17-7-5-4-6-16(17)21(13(2)22)12-18(23)20-15-10-8-14(19)9-11-15/h4-11H,3,12H2,1-2H3,(H,20,23).